The molecule has 0 aromatic carbocycles. The average Bonchev–Trinajstić information content (AvgIpc) is 2.82. The van der Waals surface area contributed by atoms with Gasteiger partial charge in [0.1, 0.15) is 0 Å². The summed E-state index contributed by atoms with van der Waals surface area (Å²) < 4.78 is 0. The Morgan fingerprint density at radius 2 is 1.76 bits per heavy atom. The molecule has 0 atom stereocenters. The molecule has 0 aliphatic carbocycles. The molecule has 1 aliphatic rings. The molecule has 0 unspecified atom stereocenters. The number of nitrogens with zero attached hydrogens (tertiary/aromatic N) is 1. The minimum Gasteiger partial charge on any atom is -0.343 e. The molecule has 0 aromatic heterocycles. The topological polar surface area (TPSA) is 61.4 Å². The summed E-state index contributed by atoms with van der Waals surface area (Å²) in [7, 11) is 0. The van der Waals surface area contributed by atoms with E-state index >= 15 is 0 Å². The van der Waals surface area contributed by atoms with Gasteiger partial charge in [0.25, 0.3) is 0 Å². The number of carbonyl (C=O) groups excluding carboxylic acids is 2. The van der Waals surface area contributed by atoms with Crippen LogP contribution in [0.4, 0.5) is 4.79 Å². The molecular formula is C12H23N3O2. The third-order valence-electron chi connectivity index (χ3n) is 2.90. The number of carbonyl (C=O) groups is 2. The summed E-state index contributed by atoms with van der Waals surface area (Å²) >= 11 is 0. The third kappa shape index (κ3) is 5.56. The normalized spacial score (nSPS) is 14.8. The number of nitrogens with one attached hydrogen (secondary N) is 2. The minimum atomic E-state index is -0.173. The molecule has 5 nitrogen and oxygen atoms in total. The van der Waals surface area contributed by atoms with Crippen molar-refractivity contribution in [1.82, 2.24) is 15.5 Å². The van der Waals surface area contributed by atoms with E-state index in [1.54, 1.807) is 0 Å². The molecule has 3 amide bonds. The van der Waals surface area contributed by atoms with E-state index < -0.39 is 0 Å². The van der Waals surface area contributed by atoms with Crippen molar-refractivity contribution < 1.29 is 9.59 Å². The number of amides is 3. The molecule has 1 rings (SSSR count). The van der Waals surface area contributed by atoms with Crippen molar-refractivity contribution in [3.63, 3.8) is 0 Å². The summed E-state index contributed by atoms with van der Waals surface area (Å²) in [5.41, 5.74) is 0. The van der Waals surface area contributed by atoms with Gasteiger partial charge in [0.2, 0.25) is 5.91 Å². The minimum absolute atomic E-state index is 0.149. The molecule has 0 radical (unpaired) electrons. The fourth-order valence-corrected chi connectivity index (χ4v) is 1.85. The molecule has 0 saturated carbocycles. The van der Waals surface area contributed by atoms with Crippen LogP contribution in [0, 0.1) is 0 Å². The van der Waals surface area contributed by atoms with Crippen molar-refractivity contribution in [2.45, 2.75) is 39.0 Å². The summed E-state index contributed by atoms with van der Waals surface area (Å²) in [5, 5.41) is 5.45. The molecule has 5 heteroatoms. The second-order valence-electron chi connectivity index (χ2n) is 4.37. The lowest BCUT2D eigenvalue weighted by molar-refractivity contribution is -0.129. The number of unbranched alkanes of at least 4 members (excludes halogenated alkanes) is 1. The first-order valence-electron chi connectivity index (χ1n) is 6.53. The molecule has 1 aliphatic heterocycles. The highest BCUT2D eigenvalue weighted by atomic mass is 16.2. The maximum atomic E-state index is 11.6. The quantitative estimate of drug-likeness (QED) is 0.684. The van der Waals surface area contributed by atoms with Crippen LogP contribution >= 0.6 is 0 Å². The zero-order valence-corrected chi connectivity index (χ0v) is 10.6. The standard InChI is InChI=1S/C12H23N3O2/c1-2-3-7-13-12(17)14-8-6-11(16)15-9-4-5-10-15/h2-10H2,1H3,(H2,13,14,17). The molecule has 2 N–H and O–H groups in total. The van der Waals surface area contributed by atoms with E-state index in [1.165, 1.54) is 0 Å². The maximum Gasteiger partial charge on any atom is 0.314 e. The van der Waals surface area contributed by atoms with Crippen LogP contribution in [-0.2, 0) is 4.79 Å². The van der Waals surface area contributed by atoms with Gasteiger partial charge in [0.05, 0.1) is 0 Å². The highest BCUT2D eigenvalue weighted by Crippen LogP contribution is 2.08. The predicted molar refractivity (Wildman–Crippen MR) is 66.7 cm³/mol. The fourth-order valence-electron chi connectivity index (χ4n) is 1.85. The Labute approximate surface area is 103 Å². The Morgan fingerprint density at radius 1 is 1.12 bits per heavy atom. The number of likely N-dealkylation sites (tertiary alicyclic amines) is 1. The van der Waals surface area contributed by atoms with Crippen molar-refractivity contribution in [2.24, 2.45) is 0 Å². The summed E-state index contributed by atoms with van der Waals surface area (Å²) in [6, 6.07) is -0.173. The van der Waals surface area contributed by atoms with E-state index in [-0.39, 0.29) is 11.9 Å². The van der Waals surface area contributed by atoms with E-state index in [4.69, 9.17) is 0 Å². The van der Waals surface area contributed by atoms with Crippen molar-refractivity contribution in [3.8, 4) is 0 Å². The zero-order valence-electron chi connectivity index (χ0n) is 10.6. The third-order valence-corrected chi connectivity index (χ3v) is 2.90. The van der Waals surface area contributed by atoms with Crippen LogP contribution in [0.2, 0.25) is 0 Å². The number of rotatable bonds is 6. The molecule has 0 bridgehead atoms. The lowest BCUT2D eigenvalue weighted by atomic mass is 10.3. The molecule has 98 valence electrons. The zero-order chi connectivity index (χ0) is 12.5. The largest absolute Gasteiger partial charge is 0.343 e. The second-order valence-corrected chi connectivity index (χ2v) is 4.37. The van der Waals surface area contributed by atoms with Crippen molar-refractivity contribution in [1.29, 1.82) is 0 Å². The van der Waals surface area contributed by atoms with Gasteiger partial charge in [-0.15, -0.1) is 0 Å². The first-order valence-corrected chi connectivity index (χ1v) is 6.53. The predicted octanol–water partition coefficient (Wildman–Crippen LogP) is 1.10. The monoisotopic (exact) mass is 241 g/mol. The van der Waals surface area contributed by atoms with Gasteiger partial charge in [-0.25, -0.2) is 4.79 Å². The van der Waals surface area contributed by atoms with Crippen LogP contribution in [0.1, 0.15) is 39.0 Å². The summed E-state index contributed by atoms with van der Waals surface area (Å²) in [5.74, 6) is 0.149. The first-order chi connectivity index (χ1) is 8.24. The van der Waals surface area contributed by atoms with Gasteiger partial charge in [-0.1, -0.05) is 13.3 Å². The van der Waals surface area contributed by atoms with Crippen LogP contribution < -0.4 is 10.6 Å². The van der Waals surface area contributed by atoms with Gasteiger partial charge in [0, 0.05) is 32.6 Å². The molecule has 0 spiro atoms. The first kappa shape index (κ1) is 13.8. The molecule has 0 aromatic rings. The van der Waals surface area contributed by atoms with Gasteiger partial charge in [-0.05, 0) is 19.3 Å². The van der Waals surface area contributed by atoms with E-state index in [0.29, 0.717) is 19.5 Å². The van der Waals surface area contributed by atoms with Crippen LogP contribution in [-0.4, -0.2) is 43.0 Å². The van der Waals surface area contributed by atoms with Gasteiger partial charge < -0.3 is 15.5 Å². The Kier molecular flexibility index (Phi) is 6.43. The van der Waals surface area contributed by atoms with Crippen LogP contribution in [0.15, 0.2) is 0 Å². The van der Waals surface area contributed by atoms with Gasteiger partial charge in [0.15, 0.2) is 0 Å². The molecule has 1 heterocycles. The van der Waals surface area contributed by atoms with Crippen molar-refractivity contribution >= 4 is 11.9 Å². The van der Waals surface area contributed by atoms with Crippen molar-refractivity contribution in [2.75, 3.05) is 26.2 Å². The lowest BCUT2D eigenvalue weighted by Gasteiger charge is -2.15. The summed E-state index contributed by atoms with van der Waals surface area (Å²) in [4.78, 5) is 24.8. The van der Waals surface area contributed by atoms with E-state index in [9.17, 15) is 9.59 Å². The molecule has 1 fully saturated rings. The summed E-state index contributed by atoms with van der Waals surface area (Å²) in [6.45, 7) is 4.95. The van der Waals surface area contributed by atoms with Crippen LogP contribution in [0.3, 0.4) is 0 Å². The maximum absolute atomic E-state index is 11.6. The smallest absolute Gasteiger partial charge is 0.314 e. The number of hydrogen-bond donors (Lipinski definition) is 2. The number of hydrogen-bond acceptors (Lipinski definition) is 2. The highest BCUT2D eigenvalue weighted by Gasteiger charge is 2.17. The Bertz CT molecular complexity index is 250. The van der Waals surface area contributed by atoms with Gasteiger partial charge in [-0.2, -0.15) is 0 Å². The second kappa shape index (κ2) is 7.92. The lowest BCUT2D eigenvalue weighted by Crippen LogP contribution is -2.38. The van der Waals surface area contributed by atoms with E-state index in [1.807, 2.05) is 4.90 Å². The van der Waals surface area contributed by atoms with Crippen LogP contribution in [0.25, 0.3) is 0 Å². The number of urea groups is 1. The molecular weight excluding hydrogens is 218 g/mol. The fraction of sp³-hybridized carbons (Fsp3) is 0.833. The highest BCUT2D eigenvalue weighted by molar-refractivity contribution is 5.78. The van der Waals surface area contributed by atoms with E-state index in [0.717, 1.165) is 38.8 Å². The van der Waals surface area contributed by atoms with Gasteiger partial charge >= 0.3 is 6.03 Å². The van der Waals surface area contributed by atoms with E-state index in [2.05, 4.69) is 17.6 Å². The molecule has 1 saturated heterocycles. The SMILES string of the molecule is CCCCNC(=O)NCCC(=O)N1CCCC1. The Morgan fingerprint density at radius 3 is 2.41 bits per heavy atom. The Balaban J connectivity index is 2.02. The van der Waals surface area contributed by atoms with Crippen LogP contribution in [0.5, 0.6) is 0 Å². The summed E-state index contributed by atoms with van der Waals surface area (Å²) in [6.07, 6.45) is 4.67. The van der Waals surface area contributed by atoms with Gasteiger partial charge in [-0.3, -0.25) is 4.79 Å². The Hall–Kier alpha value is -1.26. The molecule has 17 heavy (non-hydrogen) atoms. The average molecular weight is 241 g/mol. The van der Waals surface area contributed by atoms with Crippen molar-refractivity contribution in [3.05, 3.63) is 0 Å².